The first-order valence-corrected chi connectivity index (χ1v) is 9.14. The largest absolute Gasteiger partial charge is 0.410 e. The van der Waals surface area contributed by atoms with Crippen molar-refractivity contribution < 1.29 is 10.0 Å². The molecule has 1 N–H and O–H groups in total. The molecule has 3 rings (SSSR count). The van der Waals surface area contributed by atoms with Gasteiger partial charge < -0.3 is 9.77 Å². The molecule has 0 aliphatic heterocycles. The molecule has 1 aliphatic rings. The number of fused-ring (bicyclic) bond motifs is 2. The molecule has 0 spiro atoms. The molecule has 0 radical (unpaired) electrons. The van der Waals surface area contributed by atoms with Crippen molar-refractivity contribution >= 4 is 11.5 Å². The Hall–Kier alpha value is -2.43. The van der Waals surface area contributed by atoms with Gasteiger partial charge in [0.1, 0.15) is 22.9 Å². The van der Waals surface area contributed by atoms with Gasteiger partial charge in [-0.25, -0.2) is 4.98 Å². The van der Waals surface area contributed by atoms with Crippen LogP contribution in [0.2, 0.25) is 0 Å². The number of aromatic nitrogens is 2. The summed E-state index contributed by atoms with van der Waals surface area (Å²) in [4.78, 5) is 18.0. The van der Waals surface area contributed by atoms with Gasteiger partial charge in [-0.3, -0.25) is 4.79 Å². The number of oxime groups is 1. The van der Waals surface area contributed by atoms with Crippen molar-refractivity contribution in [2.75, 3.05) is 0 Å². The number of hydrogen-bond acceptors (Lipinski definition) is 4. The Morgan fingerprint density at radius 2 is 1.84 bits per heavy atom. The normalized spacial score (nSPS) is 14.9. The lowest BCUT2D eigenvalue weighted by atomic mass is 9.89. The van der Waals surface area contributed by atoms with Crippen LogP contribution < -0.4 is 0 Å². The predicted molar refractivity (Wildman–Crippen MR) is 97.8 cm³/mol. The Bertz CT molecular complexity index is 816. The second-order valence-corrected chi connectivity index (χ2v) is 6.51. The number of unbranched alkanes of at least 4 members (excludes halogenated alkanes) is 1. The minimum absolute atomic E-state index is 0.0289. The average Bonchev–Trinajstić information content (AvgIpc) is 3.01. The van der Waals surface area contributed by atoms with Crippen LogP contribution in [0, 0.1) is 0 Å². The maximum Gasteiger partial charge on any atom is 0.212 e. The van der Waals surface area contributed by atoms with Gasteiger partial charge in [-0.1, -0.05) is 56.6 Å². The molecule has 5 heteroatoms. The second-order valence-electron chi connectivity index (χ2n) is 6.51. The standard InChI is InChI=1S/C20H25N3O2/c1-4-7-12-23-18-17(21-20(23)13(5-2)6-3)16(22-25)14-10-8-9-11-15(14)19(18)24/h8-11,13,25H,4-7,12H2,1-3H3. The first-order valence-electron chi connectivity index (χ1n) is 9.14. The van der Waals surface area contributed by atoms with E-state index in [1.807, 2.05) is 18.2 Å². The van der Waals surface area contributed by atoms with E-state index in [2.05, 4.69) is 30.5 Å². The van der Waals surface area contributed by atoms with E-state index >= 15 is 0 Å². The van der Waals surface area contributed by atoms with E-state index in [1.54, 1.807) is 6.07 Å². The highest BCUT2D eigenvalue weighted by Crippen LogP contribution is 2.32. The smallest absolute Gasteiger partial charge is 0.212 e. The quantitative estimate of drug-likeness (QED) is 0.536. The fourth-order valence-corrected chi connectivity index (χ4v) is 3.62. The third kappa shape index (κ3) is 2.77. The number of benzene rings is 1. The summed E-state index contributed by atoms with van der Waals surface area (Å²) in [6.07, 6.45) is 3.95. The van der Waals surface area contributed by atoms with Gasteiger partial charge in [-0.05, 0) is 19.3 Å². The highest BCUT2D eigenvalue weighted by atomic mass is 16.4. The van der Waals surface area contributed by atoms with Crippen LogP contribution >= 0.6 is 0 Å². The Labute approximate surface area is 148 Å². The number of rotatable bonds is 6. The Morgan fingerprint density at radius 3 is 2.44 bits per heavy atom. The maximum atomic E-state index is 13.2. The molecule has 25 heavy (non-hydrogen) atoms. The molecule has 132 valence electrons. The summed E-state index contributed by atoms with van der Waals surface area (Å²) in [7, 11) is 0. The molecule has 1 aliphatic carbocycles. The summed E-state index contributed by atoms with van der Waals surface area (Å²) in [6, 6.07) is 7.29. The summed E-state index contributed by atoms with van der Waals surface area (Å²) in [5.41, 5.74) is 2.72. The van der Waals surface area contributed by atoms with E-state index in [-0.39, 0.29) is 5.78 Å². The molecule has 1 heterocycles. The van der Waals surface area contributed by atoms with Gasteiger partial charge in [0, 0.05) is 23.6 Å². The van der Waals surface area contributed by atoms with Gasteiger partial charge >= 0.3 is 0 Å². The molecule has 0 amide bonds. The lowest BCUT2D eigenvalue weighted by molar-refractivity contribution is 0.102. The highest BCUT2D eigenvalue weighted by molar-refractivity contribution is 6.28. The van der Waals surface area contributed by atoms with Gasteiger partial charge in [0.05, 0.1) is 0 Å². The number of nitrogens with zero attached hydrogens (tertiary/aromatic N) is 3. The fraction of sp³-hybridized carbons (Fsp3) is 0.450. The number of imidazole rings is 1. The maximum absolute atomic E-state index is 13.2. The van der Waals surface area contributed by atoms with Gasteiger partial charge in [-0.2, -0.15) is 0 Å². The van der Waals surface area contributed by atoms with Crippen LogP contribution in [-0.2, 0) is 6.54 Å². The minimum atomic E-state index is -0.0289. The van der Waals surface area contributed by atoms with Crippen molar-refractivity contribution in [3.05, 3.63) is 52.6 Å². The third-order valence-electron chi connectivity index (χ3n) is 5.05. The summed E-state index contributed by atoms with van der Waals surface area (Å²) in [5, 5.41) is 13.1. The second kappa shape index (κ2) is 7.21. The summed E-state index contributed by atoms with van der Waals surface area (Å²) in [6.45, 7) is 7.18. The first-order chi connectivity index (χ1) is 12.2. The molecule has 0 fully saturated rings. The van der Waals surface area contributed by atoms with Crippen LogP contribution in [0.25, 0.3) is 0 Å². The Morgan fingerprint density at radius 1 is 1.16 bits per heavy atom. The zero-order chi connectivity index (χ0) is 18.0. The molecule has 0 saturated carbocycles. The van der Waals surface area contributed by atoms with Crippen molar-refractivity contribution in [1.82, 2.24) is 9.55 Å². The SMILES string of the molecule is CCCCn1c(C(CC)CC)nc2c1C(=O)c1ccccc1C2=NO. The molecule has 2 aromatic rings. The van der Waals surface area contributed by atoms with Crippen LogP contribution in [0.4, 0.5) is 0 Å². The lowest BCUT2D eigenvalue weighted by Crippen LogP contribution is -2.24. The lowest BCUT2D eigenvalue weighted by Gasteiger charge is -2.19. The molecular formula is C20H25N3O2. The van der Waals surface area contributed by atoms with Gasteiger partial charge in [0.25, 0.3) is 0 Å². The van der Waals surface area contributed by atoms with Crippen LogP contribution in [0.3, 0.4) is 0 Å². The van der Waals surface area contributed by atoms with E-state index in [9.17, 15) is 10.0 Å². The highest BCUT2D eigenvalue weighted by Gasteiger charge is 2.35. The van der Waals surface area contributed by atoms with E-state index < -0.39 is 0 Å². The topological polar surface area (TPSA) is 67.5 Å². The Balaban J connectivity index is 2.25. The molecule has 0 atom stereocenters. The molecule has 0 bridgehead atoms. The van der Waals surface area contributed by atoms with Gasteiger partial charge in [-0.15, -0.1) is 0 Å². The zero-order valence-electron chi connectivity index (χ0n) is 15.1. The summed E-state index contributed by atoms with van der Waals surface area (Å²) >= 11 is 0. The van der Waals surface area contributed by atoms with E-state index in [0.29, 0.717) is 34.1 Å². The number of hydrogen-bond donors (Lipinski definition) is 1. The van der Waals surface area contributed by atoms with Crippen molar-refractivity contribution in [1.29, 1.82) is 0 Å². The van der Waals surface area contributed by atoms with Crippen molar-refractivity contribution in [3.63, 3.8) is 0 Å². The predicted octanol–water partition coefficient (Wildman–Crippen LogP) is 4.36. The van der Waals surface area contributed by atoms with Gasteiger partial charge in [0.2, 0.25) is 5.78 Å². The zero-order valence-corrected chi connectivity index (χ0v) is 15.1. The van der Waals surface area contributed by atoms with Crippen molar-refractivity contribution in [2.45, 2.75) is 58.9 Å². The van der Waals surface area contributed by atoms with E-state index in [1.165, 1.54) is 0 Å². The number of carbonyl (C=O) groups excluding carboxylic acids is 1. The summed E-state index contributed by atoms with van der Waals surface area (Å²) < 4.78 is 2.07. The van der Waals surface area contributed by atoms with Crippen LogP contribution in [0.5, 0.6) is 0 Å². The minimum Gasteiger partial charge on any atom is -0.410 e. The first kappa shape index (κ1) is 17.4. The fourth-order valence-electron chi connectivity index (χ4n) is 3.62. The van der Waals surface area contributed by atoms with E-state index in [0.717, 1.165) is 38.1 Å². The monoisotopic (exact) mass is 339 g/mol. The molecule has 1 aromatic heterocycles. The summed E-state index contributed by atoms with van der Waals surface area (Å²) in [5.74, 6) is 1.20. The van der Waals surface area contributed by atoms with Crippen molar-refractivity contribution in [2.24, 2.45) is 5.16 Å². The number of carbonyl (C=O) groups is 1. The van der Waals surface area contributed by atoms with Crippen LogP contribution in [0.15, 0.2) is 29.4 Å². The molecule has 1 aromatic carbocycles. The molecule has 0 unspecified atom stereocenters. The van der Waals surface area contributed by atoms with E-state index in [4.69, 9.17) is 4.98 Å². The van der Waals surface area contributed by atoms with Crippen LogP contribution in [-0.4, -0.2) is 26.3 Å². The van der Waals surface area contributed by atoms with Gasteiger partial charge in [0.15, 0.2) is 0 Å². The molecule has 5 nitrogen and oxygen atoms in total. The Kier molecular flexibility index (Phi) is 5.02. The molecular weight excluding hydrogens is 314 g/mol. The van der Waals surface area contributed by atoms with Crippen molar-refractivity contribution in [3.8, 4) is 0 Å². The molecule has 0 saturated heterocycles. The third-order valence-corrected chi connectivity index (χ3v) is 5.05. The number of ketones is 1. The van der Waals surface area contributed by atoms with Crippen LogP contribution in [0.1, 0.15) is 85.5 Å². The average molecular weight is 339 g/mol.